The van der Waals surface area contributed by atoms with Gasteiger partial charge in [0.15, 0.2) is 0 Å². The van der Waals surface area contributed by atoms with E-state index in [0.717, 1.165) is 40.7 Å². The van der Waals surface area contributed by atoms with Gasteiger partial charge in [0.2, 0.25) is 0 Å². The molecule has 3 rings (SSSR count). The van der Waals surface area contributed by atoms with Gasteiger partial charge in [0.25, 0.3) is 5.91 Å². The third-order valence-electron chi connectivity index (χ3n) is 4.23. The smallest absolute Gasteiger partial charge is 0.261 e. The van der Waals surface area contributed by atoms with Gasteiger partial charge in [0.1, 0.15) is 5.82 Å². The van der Waals surface area contributed by atoms with E-state index in [0.29, 0.717) is 12.4 Å². The highest BCUT2D eigenvalue weighted by molar-refractivity contribution is 7.14. The normalized spacial score (nSPS) is 11.0. The van der Waals surface area contributed by atoms with Crippen molar-refractivity contribution in [2.75, 3.05) is 0 Å². The molecule has 0 radical (unpaired) electrons. The molecule has 0 spiro atoms. The summed E-state index contributed by atoms with van der Waals surface area (Å²) in [6.45, 7) is 6.61. The van der Waals surface area contributed by atoms with Crippen molar-refractivity contribution >= 4 is 28.1 Å². The number of carbonyl (C=O) groups is 1. The van der Waals surface area contributed by atoms with Crippen molar-refractivity contribution in [3.63, 3.8) is 0 Å². The fraction of sp³-hybridized carbons (Fsp3) is 0.350. The standard InChI is InChI=1S/C20H23N3OS/c1-4-8-17-14(5-2)11-18(25-17)20(24)21-12-19-22-13(3)15-9-6-7-10-16(15)23-19/h6-7,9-11H,4-5,8,12H2,1-3H3,(H,21,24). The number of nitrogens with one attached hydrogen (secondary N) is 1. The first-order valence-corrected chi connectivity index (χ1v) is 9.56. The summed E-state index contributed by atoms with van der Waals surface area (Å²) < 4.78 is 0. The number of benzene rings is 1. The highest BCUT2D eigenvalue weighted by atomic mass is 32.1. The van der Waals surface area contributed by atoms with Crippen LogP contribution in [0.15, 0.2) is 30.3 Å². The number of hydrogen-bond acceptors (Lipinski definition) is 4. The van der Waals surface area contributed by atoms with Gasteiger partial charge in [-0.25, -0.2) is 9.97 Å². The molecule has 2 heterocycles. The Bertz CT molecular complexity index is 901. The van der Waals surface area contributed by atoms with Crippen molar-refractivity contribution in [3.8, 4) is 0 Å². The molecule has 2 aromatic heterocycles. The molecule has 130 valence electrons. The molecule has 5 heteroatoms. The topological polar surface area (TPSA) is 54.9 Å². The van der Waals surface area contributed by atoms with E-state index in [4.69, 9.17) is 0 Å². The van der Waals surface area contributed by atoms with Gasteiger partial charge in [-0.05, 0) is 37.5 Å². The minimum Gasteiger partial charge on any atom is -0.344 e. The van der Waals surface area contributed by atoms with Crippen molar-refractivity contribution < 1.29 is 4.79 Å². The van der Waals surface area contributed by atoms with E-state index in [1.165, 1.54) is 10.4 Å². The maximum atomic E-state index is 12.5. The van der Waals surface area contributed by atoms with Crippen LogP contribution < -0.4 is 5.32 Å². The molecule has 1 amide bonds. The number of thiophene rings is 1. The van der Waals surface area contributed by atoms with Crippen LogP contribution in [0, 0.1) is 6.92 Å². The van der Waals surface area contributed by atoms with Crippen LogP contribution in [-0.4, -0.2) is 15.9 Å². The van der Waals surface area contributed by atoms with E-state index in [-0.39, 0.29) is 5.91 Å². The van der Waals surface area contributed by atoms with Gasteiger partial charge >= 0.3 is 0 Å². The predicted molar refractivity (Wildman–Crippen MR) is 103 cm³/mol. The van der Waals surface area contributed by atoms with Crippen LogP contribution in [-0.2, 0) is 19.4 Å². The maximum absolute atomic E-state index is 12.5. The molecule has 0 aliphatic heterocycles. The Kier molecular flexibility index (Phi) is 5.43. The molecule has 0 saturated heterocycles. The molecular weight excluding hydrogens is 330 g/mol. The fourth-order valence-corrected chi connectivity index (χ4v) is 4.21. The minimum atomic E-state index is -0.0449. The molecule has 0 aliphatic carbocycles. The van der Waals surface area contributed by atoms with Crippen molar-refractivity contribution in [1.29, 1.82) is 0 Å². The van der Waals surface area contributed by atoms with Crippen molar-refractivity contribution in [2.45, 2.75) is 46.6 Å². The second kappa shape index (κ2) is 7.74. The predicted octanol–water partition coefficient (Wildman–Crippen LogP) is 4.44. The minimum absolute atomic E-state index is 0.0449. The van der Waals surface area contributed by atoms with Crippen LogP contribution >= 0.6 is 11.3 Å². The Hall–Kier alpha value is -2.27. The maximum Gasteiger partial charge on any atom is 0.261 e. The lowest BCUT2D eigenvalue weighted by atomic mass is 10.1. The molecule has 3 aromatic rings. The third-order valence-corrected chi connectivity index (χ3v) is 5.46. The van der Waals surface area contributed by atoms with Gasteiger partial charge < -0.3 is 5.32 Å². The third kappa shape index (κ3) is 3.87. The van der Waals surface area contributed by atoms with Gasteiger partial charge in [-0.2, -0.15) is 0 Å². The highest BCUT2D eigenvalue weighted by Gasteiger charge is 2.14. The zero-order valence-corrected chi connectivity index (χ0v) is 15.7. The Morgan fingerprint density at radius 2 is 2.00 bits per heavy atom. The van der Waals surface area contributed by atoms with Gasteiger partial charge in [-0.1, -0.05) is 38.5 Å². The number of aryl methyl sites for hydroxylation is 3. The average Bonchev–Trinajstić information content (AvgIpc) is 3.03. The quantitative estimate of drug-likeness (QED) is 0.712. The molecule has 25 heavy (non-hydrogen) atoms. The molecule has 0 fully saturated rings. The van der Waals surface area contributed by atoms with Gasteiger partial charge in [-0.15, -0.1) is 11.3 Å². The average molecular weight is 353 g/mol. The van der Waals surface area contributed by atoms with E-state index >= 15 is 0 Å². The first-order chi connectivity index (χ1) is 12.1. The molecule has 0 bridgehead atoms. The number of fused-ring (bicyclic) bond motifs is 1. The summed E-state index contributed by atoms with van der Waals surface area (Å²) in [5, 5.41) is 4.01. The van der Waals surface area contributed by atoms with Crippen LogP contribution in [0.2, 0.25) is 0 Å². The number of carbonyl (C=O) groups excluding carboxylic acids is 1. The molecule has 4 nitrogen and oxygen atoms in total. The summed E-state index contributed by atoms with van der Waals surface area (Å²) in [5.74, 6) is 0.599. The lowest BCUT2D eigenvalue weighted by Gasteiger charge is -2.06. The number of aromatic nitrogens is 2. The largest absolute Gasteiger partial charge is 0.344 e. The first kappa shape index (κ1) is 17.5. The zero-order chi connectivity index (χ0) is 17.8. The van der Waals surface area contributed by atoms with Gasteiger partial charge in [0.05, 0.1) is 16.9 Å². The number of hydrogen-bond donors (Lipinski definition) is 1. The van der Waals surface area contributed by atoms with Crippen LogP contribution in [0.4, 0.5) is 0 Å². The second-order valence-electron chi connectivity index (χ2n) is 6.09. The van der Waals surface area contributed by atoms with E-state index in [9.17, 15) is 4.79 Å². The Labute approximate surface area is 152 Å². The summed E-state index contributed by atoms with van der Waals surface area (Å²) >= 11 is 1.60. The first-order valence-electron chi connectivity index (χ1n) is 8.74. The lowest BCUT2D eigenvalue weighted by molar-refractivity contribution is 0.0954. The molecular formula is C20H23N3OS. The van der Waals surface area contributed by atoms with E-state index < -0.39 is 0 Å². The molecule has 0 atom stereocenters. The number of rotatable bonds is 6. The number of para-hydroxylation sites is 1. The van der Waals surface area contributed by atoms with Crippen LogP contribution in [0.3, 0.4) is 0 Å². The fourth-order valence-electron chi connectivity index (χ4n) is 2.94. The molecule has 0 aliphatic rings. The summed E-state index contributed by atoms with van der Waals surface area (Å²) in [7, 11) is 0. The Morgan fingerprint density at radius 1 is 1.20 bits per heavy atom. The Balaban J connectivity index is 1.74. The van der Waals surface area contributed by atoms with Crippen LogP contribution in [0.5, 0.6) is 0 Å². The van der Waals surface area contributed by atoms with Gasteiger partial charge in [-0.3, -0.25) is 4.79 Å². The monoisotopic (exact) mass is 353 g/mol. The lowest BCUT2D eigenvalue weighted by Crippen LogP contribution is -2.23. The summed E-state index contributed by atoms with van der Waals surface area (Å²) in [5.41, 5.74) is 3.13. The zero-order valence-electron chi connectivity index (χ0n) is 14.9. The molecule has 1 N–H and O–H groups in total. The van der Waals surface area contributed by atoms with E-state index in [2.05, 4.69) is 29.1 Å². The van der Waals surface area contributed by atoms with Crippen molar-refractivity contribution in [1.82, 2.24) is 15.3 Å². The molecule has 0 saturated carbocycles. The molecule has 0 unspecified atom stereocenters. The van der Waals surface area contributed by atoms with Crippen LogP contribution in [0.1, 0.15) is 51.9 Å². The summed E-state index contributed by atoms with van der Waals surface area (Å²) in [6.07, 6.45) is 3.10. The summed E-state index contributed by atoms with van der Waals surface area (Å²) in [4.78, 5) is 23.7. The second-order valence-corrected chi connectivity index (χ2v) is 7.22. The van der Waals surface area contributed by atoms with Crippen molar-refractivity contribution in [3.05, 3.63) is 57.2 Å². The molecule has 1 aromatic carbocycles. The van der Waals surface area contributed by atoms with Crippen LogP contribution in [0.25, 0.3) is 10.9 Å². The Morgan fingerprint density at radius 3 is 2.76 bits per heavy atom. The van der Waals surface area contributed by atoms with Crippen molar-refractivity contribution in [2.24, 2.45) is 0 Å². The summed E-state index contributed by atoms with van der Waals surface area (Å²) in [6, 6.07) is 9.96. The number of nitrogens with zero attached hydrogens (tertiary/aromatic N) is 2. The van der Waals surface area contributed by atoms with Gasteiger partial charge in [0, 0.05) is 16.0 Å². The SMILES string of the molecule is CCCc1sc(C(=O)NCc2nc(C)c3ccccc3n2)cc1CC. The highest BCUT2D eigenvalue weighted by Crippen LogP contribution is 2.24. The van der Waals surface area contributed by atoms with E-state index in [1.807, 2.05) is 37.3 Å². The van der Waals surface area contributed by atoms with E-state index in [1.54, 1.807) is 11.3 Å². The number of amides is 1.